The third-order valence-corrected chi connectivity index (χ3v) is 6.45. The average Bonchev–Trinajstić information content (AvgIpc) is 3.21. The molecule has 0 aliphatic rings. The third kappa shape index (κ3) is 4.74. The van der Waals surface area contributed by atoms with Crippen molar-refractivity contribution < 1.29 is 14.6 Å². The van der Waals surface area contributed by atoms with Crippen molar-refractivity contribution in [1.82, 2.24) is 4.98 Å². The lowest BCUT2D eigenvalue weighted by Crippen LogP contribution is -2.00. The van der Waals surface area contributed by atoms with Crippen LogP contribution in [0.2, 0.25) is 0 Å². The molecule has 0 aliphatic carbocycles. The van der Waals surface area contributed by atoms with Crippen molar-refractivity contribution in [3.63, 3.8) is 0 Å². The molecule has 4 rings (SSSR count). The number of nitro groups is 2. The average molecular weight is 467 g/mol. The second kappa shape index (κ2) is 9.12. The predicted molar refractivity (Wildman–Crippen MR) is 124 cm³/mol. The summed E-state index contributed by atoms with van der Waals surface area (Å²) in [5.74, 6) is 0.648. The van der Waals surface area contributed by atoms with Crippen molar-refractivity contribution in [3.8, 4) is 5.75 Å². The number of benzene rings is 3. The number of aliphatic imine (C=N–C) groups is 1. The molecule has 11 heteroatoms. The van der Waals surface area contributed by atoms with Gasteiger partial charge in [-0.1, -0.05) is 12.1 Å². The number of rotatable bonds is 6. The maximum atomic E-state index is 11.4. The molecule has 160 valence electrons. The van der Waals surface area contributed by atoms with Crippen LogP contribution in [-0.4, -0.2) is 27.0 Å². The van der Waals surface area contributed by atoms with Gasteiger partial charge in [0.05, 0.1) is 38.9 Å². The maximum Gasteiger partial charge on any atom is 0.277 e. The zero-order valence-electron chi connectivity index (χ0n) is 16.5. The lowest BCUT2D eigenvalue weighted by Gasteiger charge is -2.06. The first-order valence-electron chi connectivity index (χ1n) is 9.13. The van der Waals surface area contributed by atoms with E-state index in [2.05, 4.69) is 9.98 Å². The molecule has 1 aromatic heterocycles. The highest BCUT2D eigenvalue weighted by molar-refractivity contribution is 8.15. The Balaban J connectivity index is 1.83. The van der Waals surface area contributed by atoms with Gasteiger partial charge in [-0.25, -0.2) is 9.98 Å². The molecule has 0 bridgehead atoms. The Morgan fingerprint density at radius 1 is 1.00 bits per heavy atom. The van der Waals surface area contributed by atoms with E-state index >= 15 is 0 Å². The van der Waals surface area contributed by atoms with Crippen molar-refractivity contribution in [2.75, 3.05) is 7.11 Å². The van der Waals surface area contributed by atoms with Crippen LogP contribution >= 0.6 is 23.1 Å². The minimum atomic E-state index is -0.663. The fourth-order valence-electron chi connectivity index (χ4n) is 2.83. The van der Waals surface area contributed by atoms with Crippen molar-refractivity contribution >= 4 is 55.4 Å². The topological polar surface area (TPSA) is 121 Å². The Morgan fingerprint density at radius 3 is 2.25 bits per heavy atom. The highest BCUT2D eigenvalue weighted by Gasteiger charge is 2.21. The van der Waals surface area contributed by atoms with Gasteiger partial charge in [-0.3, -0.25) is 20.2 Å². The lowest BCUT2D eigenvalue weighted by molar-refractivity contribution is -0.394. The first-order chi connectivity index (χ1) is 15.4. The molecule has 3 aromatic carbocycles. The van der Waals surface area contributed by atoms with Crippen LogP contribution in [0.5, 0.6) is 5.75 Å². The van der Waals surface area contributed by atoms with Gasteiger partial charge in [0, 0.05) is 17.7 Å². The Morgan fingerprint density at radius 2 is 1.66 bits per heavy atom. The molecular weight excluding hydrogens is 452 g/mol. The summed E-state index contributed by atoms with van der Waals surface area (Å²) in [5.41, 5.74) is 0.853. The fraction of sp³-hybridized carbons (Fsp3) is 0.0476. The van der Waals surface area contributed by atoms with Gasteiger partial charge in [0.15, 0.2) is 4.34 Å². The second-order valence-corrected chi connectivity index (χ2v) is 8.68. The van der Waals surface area contributed by atoms with E-state index in [-0.39, 0.29) is 16.9 Å². The normalized spacial score (nSPS) is 11.5. The third-order valence-electron chi connectivity index (χ3n) is 4.33. The number of hydrogen-bond donors (Lipinski definition) is 0. The van der Waals surface area contributed by atoms with Crippen LogP contribution in [0.3, 0.4) is 0 Å². The molecule has 0 aliphatic heterocycles. The summed E-state index contributed by atoms with van der Waals surface area (Å²) >= 11 is 2.64. The van der Waals surface area contributed by atoms with Crippen molar-refractivity contribution in [2.24, 2.45) is 4.99 Å². The number of thioether (sulfide) groups is 1. The van der Waals surface area contributed by atoms with E-state index in [1.807, 2.05) is 24.3 Å². The van der Waals surface area contributed by atoms with Crippen LogP contribution < -0.4 is 4.74 Å². The Kier molecular flexibility index (Phi) is 6.10. The van der Waals surface area contributed by atoms with Crippen molar-refractivity contribution in [2.45, 2.75) is 4.34 Å². The van der Waals surface area contributed by atoms with E-state index in [1.165, 1.54) is 35.2 Å². The number of ether oxygens (including phenoxy) is 1. The fourth-order valence-corrected chi connectivity index (χ4v) is 4.89. The zero-order chi connectivity index (χ0) is 22.7. The highest BCUT2D eigenvalue weighted by atomic mass is 32.2. The van der Waals surface area contributed by atoms with Gasteiger partial charge in [-0.15, -0.1) is 11.3 Å². The molecule has 0 amide bonds. The molecule has 9 nitrogen and oxygen atoms in total. The molecule has 0 unspecified atom stereocenters. The molecule has 0 radical (unpaired) electrons. The molecule has 0 saturated carbocycles. The molecule has 4 aromatic rings. The van der Waals surface area contributed by atoms with E-state index in [1.54, 1.807) is 31.4 Å². The monoisotopic (exact) mass is 466 g/mol. The first kappa shape index (κ1) is 21.4. The molecule has 1 heterocycles. The van der Waals surface area contributed by atoms with E-state index in [0.717, 1.165) is 16.3 Å². The van der Waals surface area contributed by atoms with Gasteiger partial charge in [-0.05, 0) is 48.2 Å². The summed E-state index contributed by atoms with van der Waals surface area (Å²) in [6.45, 7) is 0. The molecule has 0 saturated heterocycles. The highest BCUT2D eigenvalue weighted by Crippen LogP contribution is 2.35. The van der Waals surface area contributed by atoms with Crippen LogP contribution in [-0.2, 0) is 0 Å². The molecule has 0 N–H and O–H groups in total. The van der Waals surface area contributed by atoms with Crippen LogP contribution in [0.25, 0.3) is 10.2 Å². The summed E-state index contributed by atoms with van der Waals surface area (Å²) in [6, 6.07) is 18.0. The van der Waals surface area contributed by atoms with Gasteiger partial charge in [0.1, 0.15) is 10.8 Å². The van der Waals surface area contributed by atoms with Gasteiger partial charge in [0.2, 0.25) is 0 Å². The summed E-state index contributed by atoms with van der Waals surface area (Å²) in [6.07, 6.45) is 0. The first-order valence-corrected chi connectivity index (χ1v) is 10.8. The Labute approximate surface area is 189 Å². The SMILES string of the molecule is COc1ccc(N=C(Sc2nc3ccccc3s2)c2cc([N+](=O)[O-])cc([N+](=O)[O-])c2)cc1. The number of fused-ring (bicyclic) bond motifs is 1. The van der Waals surface area contributed by atoms with Crippen LogP contribution in [0.1, 0.15) is 5.56 Å². The number of para-hydroxylation sites is 1. The zero-order valence-corrected chi connectivity index (χ0v) is 18.1. The minimum Gasteiger partial charge on any atom is -0.497 e. The minimum absolute atomic E-state index is 0.256. The van der Waals surface area contributed by atoms with E-state index in [0.29, 0.717) is 20.8 Å². The maximum absolute atomic E-state index is 11.4. The molecule has 0 fully saturated rings. The number of hydrogen-bond acceptors (Lipinski definition) is 9. The lowest BCUT2D eigenvalue weighted by atomic mass is 10.2. The smallest absolute Gasteiger partial charge is 0.277 e. The number of nitrogens with zero attached hydrogens (tertiary/aromatic N) is 4. The largest absolute Gasteiger partial charge is 0.497 e. The molecule has 32 heavy (non-hydrogen) atoms. The van der Waals surface area contributed by atoms with Gasteiger partial charge in [0.25, 0.3) is 11.4 Å². The van der Waals surface area contributed by atoms with Gasteiger partial charge in [-0.2, -0.15) is 0 Å². The number of non-ortho nitro benzene ring substituents is 2. The summed E-state index contributed by atoms with van der Waals surface area (Å²) < 4.78 is 6.80. The number of nitro benzene ring substituents is 2. The number of methoxy groups -OCH3 is 1. The van der Waals surface area contributed by atoms with Crippen LogP contribution in [0.15, 0.2) is 76.1 Å². The summed E-state index contributed by atoms with van der Waals surface area (Å²) in [5, 5.41) is 23.1. The Hall–Kier alpha value is -3.83. The molecule has 0 atom stereocenters. The predicted octanol–water partition coefficient (Wildman–Crippen LogP) is 5.99. The van der Waals surface area contributed by atoms with Crippen molar-refractivity contribution in [3.05, 3.63) is 92.5 Å². The number of aromatic nitrogens is 1. The van der Waals surface area contributed by atoms with E-state index < -0.39 is 9.85 Å². The van der Waals surface area contributed by atoms with Crippen LogP contribution in [0, 0.1) is 20.2 Å². The van der Waals surface area contributed by atoms with E-state index in [4.69, 9.17) is 4.74 Å². The van der Waals surface area contributed by atoms with E-state index in [9.17, 15) is 20.2 Å². The number of thiazole rings is 1. The second-order valence-electron chi connectivity index (χ2n) is 6.42. The standard InChI is InChI=1S/C21H14N4O5S2/c1-30-17-8-6-14(7-9-17)22-20(32-21-23-18-4-2-3-5-19(18)31-21)13-10-15(24(26)27)12-16(11-13)25(28)29/h2-12H,1H3. The Bertz CT molecular complexity index is 1290. The summed E-state index contributed by atoms with van der Waals surface area (Å²) in [4.78, 5) is 30.6. The summed E-state index contributed by atoms with van der Waals surface area (Å²) in [7, 11) is 1.55. The van der Waals surface area contributed by atoms with Crippen LogP contribution in [0.4, 0.5) is 17.1 Å². The molecule has 0 spiro atoms. The van der Waals surface area contributed by atoms with Gasteiger partial charge < -0.3 is 4.74 Å². The van der Waals surface area contributed by atoms with Gasteiger partial charge >= 0.3 is 0 Å². The van der Waals surface area contributed by atoms with Crippen molar-refractivity contribution in [1.29, 1.82) is 0 Å². The molecular formula is C21H14N4O5S2. The quantitative estimate of drug-likeness (QED) is 0.112.